The van der Waals surface area contributed by atoms with Gasteiger partial charge in [-0.2, -0.15) is 0 Å². The van der Waals surface area contributed by atoms with E-state index in [9.17, 15) is 19.7 Å². The number of nitrogens with zero attached hydrogens (tertiary/aromatic N) is 3. The molecule has 1 aromatic heterocycles. The lowest BCUT2D eigenvalue weighted by Crippen LogP contribution is -2.36. The van der Waals surface area contributed by atoms with Crippen LogP contribution in [-0.2, 0) is 11.3 Å². The molecule has 152 valence electrons. The van der Waals surface area contributed by atoms with Crippen molar-refractivity contribution in [1.82, 2.24) is 9.47 Å². The Morgan fingerprint density at radius 1 is 1.14 bits per heavy atom. The Morgan fingerprint density at radius 3 is 2.72 bits per heavy atom. The van der Waals surface area contributed by atoms with Crippen molar-refractivity contribution in [1.29, 1.82) is 0 Å². The summed E-state index contributed by atoms with van der Waals surface area (Å²) in [6.07, 6.45) is 3.57. The molecule has 2 aliphatic rings. The maximum atomic E-state index is 12.9. The lowest BCUT2D eigenvalue weighted by Gasteiger charge is -2.26. The molecule has 9 nitrogen and oxygen atoms in total. The summed E-state index contributed by atoms with van der Waals surface area (Å²) in [6, 6.07) is 7.83. The van der Waals surface area contributed by atoms with Gasteiger partial charge in [0.15, 0.2) is 11.5 Å². The van der Waals surface area contributed by atoms with Gasteiger partial charge in [0.2, 0.25) is 5.91 Å². The van der Waals surface area contributed by atoms with Crippen LogP contribution < -0.4 is 15.0 Å². The molecule has 1 fully saturated rings. The van der Waals surface area contributed by atoms with Gasteiger partial charge < -0.3 is 14.4 Å². The van der Waals surface area contributed by atoms with Crippen LogP contribution >= 0.6 is 0 Å². The van der Waals surface area contributed by atoms with Crippen molar-refractivity contribution in [3.63, 3.8) is 0 Å². The van der Waals surface area contributed by atoms with E-state index in [1.54, 1.807) is 4.90 Å². The van der Waals surface area contributed by atoms with Gasteiger partial charge in [0.25, 0.3) is 11.2 Å². The monoisotopic (exact) mass is 399 g/mol. The third-order valence-electron chi connectivity index (χ3n) is 5.21. The molecule has 1 atom stereocenters. The topological polar surface area (TPSA) is 104 Å². The third-order valence-corrected chi connectivity index (χ3v) is 5.21. The Balaban J connectivity index is 1.55. The lowest BCUT2D eigenvalue weighted by atomic mass is 10.0. The molecule has 0 unspecified atom stereocenters. The first-order chi connectivity index (χ1) is 14.0. The van der Waals surface area contributed by atoms with E-state index in [2.05, 4.69) is 0 Å². The van der Waals surface area contributed by atoms with Gasteiger partial charge in [-0.15, -0.1) is 0 Å². The average Bonchev–Trinajstić information content (AvgIpc) is 3.08. The summed E-state index contributed by atoms with van der Waals surface area (Å²) >= 11 is 0. The van der Waals surface area contributed by atoms with Gasteiger partial charge in [-0.1, -0.05) is 6.07 Å². The quantitative estimate of drug-likeness (QED) is 0.577. The zero-order valence-electron chi connectivity index (χ0n) is 15.8. The fourth-order valence-electron chi connectivity index (χ4n) is 3.79. The first-order valence-electron chi connectivity index (χ1n) is 9.57. The first-order valence-corrected chi connectivity index (χ1v) is 9.57. The number of likely N-dealkylation sites (tertiary alicyclic amines) is 1. The molecule has 0 aliphatic carbocycles. The predicted molar refractivity (Wildman–Crippen MR) is 103 cm³/mol. The molecule has 29 heavy (non-hydrogen) atoms. The molecule has 0 saturated carbocycles. The molecule has 4 rings (SSSR count). The number of amides is 1. The smallest absolute Gasteiger partial charge is 0.285 e. The van der Waals surface area contributed by atoms with Crippen molar-refractivity contribution in [3.8, 4) is 11.5 Å². The van der Waals surface area contributed by atoms with Crippen LogP contribution in [-0.4, -0.2) is 40.1 Å². The molecule has 0 N–H and O–H groups in total. The average molecular weight is 399 g/mol. The fraction of sp³-hybridized carbons (Fsp3) is 0.400. The standard InChI is InChI=1S/C20H21N3O6/c24-19-7-5-15(23(26)27)12-21(19)13-20(25)22-8-1-3-16(22)14-4-6-17-18(11-14)29-10-2-9-28-17/h4-7,11-12,16H,1-3,8-10,13H2/t16-/m1/s1. The number of benzene rings is 1. The van der Waals surface area contributed by atoms with Crippen LogP contribution in [0, 0.1) is 10.1 Å². The number of rotatable bonds is 4. The van der Waals surface area contributed by atoms with Gasteiger partial charge in [0, 0.05) is 25.1 Å². The second-order valence-electron chi connectivity index (χ2n) is 7.11. The van der Waals surface area contributed by atoms with Crippen LogP contribution in [0.15, 0.2) is 41.3 Å². The molecule has 1 amide bonds. The van der Waals surface area contributed by atoms with E-state index in [1.165, 1.54) is 0 Å². The van der Waals surface area contributed by atoms with Gasteiger partial charge in [0.05, 0.1) is 30.4 Å². The number of carbonyl (C=O) groups is 1. The van der Waals surface area contributed by atoms with Crippen LogP contribution in [0.3, 0.4) is 0 Å². The second kappa shape index (κ2) is 7.94. The van der Waals surface area contributed by atoms with E-state index >= 15 is 0 Å². The minimum Gasteiger partial charge on any atom is -0.490 e. The highest BCUT2D eigenvalue weighted by Gasteiger charge is 2.31. The van der Waals surface area contributed by atoms with Crippen LogP contribution in [0.4, 0.5) is 5.69 Å². The SMILES string of the molecule is O=C(Cn1cc([N+](=O)[O-])ccc1=O)N1CCC[C@@H]1c1ccc2c(c1)OCCCO2. The molecule has 1 saturated heterocycles. The van der Waals surface area contributed by atoms with Crippen LogP contribution in [0.2, 0.25) is 0 Å². The van der Waals surface area contributed by atoms with E-state index in [1.807, 2.05) is 18.2 Å². The molecule has 2 aromatic rings. The van der Waals surface area contributed by atoms with E-state index in [0.717, 1.165) is 47.7 Å². The highest BCUT2D eigenvalue weighted by molar-refractivity contribution is 5.77. The highest BCUT2D eigenvalue weighted by Crippen LogP contribution is 2.38. The summed E-state index contributed by atoms with van der Waals surface area (Å²) < 4.78 is 12.5. The zero-order valence-corrected chi connectivity index (χ0v) is 15.8. The summed E-state index contributed by atoms with van der Waals surface area (Å²) in [7, 11) is 0. The van der Waals surface area contributed by atoms with Crippen molar-refractivity contribution >= 4 is 11.6 Å². The van der Waals surface area contributed by atoms with Gasteiger partial charge in [-0.25, -0.2) is 0 Å². The number of pyridine rings is 1. The summed E-state index contributed by atoms with van der Waals surface area (Å²) in [4.78, 5) is 37.0. The summed E-state index contributed by atoms with van der Waals surface area (Å²) in [6.45, 7) is 1.53. The molecule has 0 spiro atoms. The summed E-state index contributed by atoms with van der Waals surface area (Å²) in [5.41, 5.74) is 0.278. The number of hydrogen-bond acceptors (Lipinski definition) is 6. The van der Waals surface area contributed by atoms with Gasteiger partial charge in [-0.3, -0.25) is 24.3 Å². The van der Waals surface area contributed by atoms with Crippen LogP contribution in [0.25, 0.3) is 0 Å². The predicted octanol–water partition coefficient (Wildman–Crippen LogP) is 2.28. The van der Waals surface area contributed by atoms with E-state index in [-0.39, 0.29) is 24.2 Å². The minimum atomic E-state index is -0.586. The molecule has 9 heteroatoms. The summed E-state index contributed by atoms with van der Waals surface area (Å²) in [5, 5.41) is 11.0. The molecular weight excluding hydrogens is 378 g/mol. The van der Waals surface area contributed by atoms with E-state index in [4.69, 9.17) is 9.47 Å². The number of fused-ring (bicyclic) bond motifs is 1. The second-order valence-corrected chi connectivity index (χ2v) is 7.11. The number of aromatic nitrogens is 1. The Labute approximate surface area is 166 Å². The number of nitro groups is 1. The van der Waals surface area contributed by atoms with Crippen molar-refractivity contribution in [2.45, 2.75) is 31.8 Å². The number of carbonyl (C=O) groups excluding carboxylic acids is 1. The maximum Gasteiger partial charge on any atom is 0.285 e. The zero-order chi connectivity index (χ0) is 20.4. The van der Waals surface area contributed by atoms with Gasteiger partial charge in [-0.05, 0) is 30.5 Å². The Morgan fingerprint density at radius 2 is 1.93 bits per heavy atom. The normalized spacial score (nSPS) is 18.3. The molecule has 0 bridgehead atoms. The number of ether oxygens (including phenoxy) is 2. The van der Waals surface area contributed by atoms with Crippen LogP contribution in [0.5, 0.6) is 11.5 Å². The molecule has 2 aliphatic heterocycles. The molecular formula is C20H21N3O6. The fourth-order valence-corrected chi connectivity index (χ4v) is 3.79. The van der Waals surface area contributed by atoms with Crippen molar-refractivity contribution in [2.24, 2.45) is 0 Å². The van der Waals surface area contributed by atoms with E-state index in [0.29, 0.717) is 31.3 Å². The third kappa shape index (κ3) is 3.94. The van der Waals surface area contributed by atoms with Crippen LogP contribution in [0.1, 0.15) is 30.9 Å². The summed E-state index contributed by atoms with van der Waals surface area (Å²) in [5.74, 6) is 1.13. The molecule has 1 aromatic carbocycles. The Kier molecular flexibility index (Phi) is 5.20. The molecule has 0 radical (unpaired) electrons. The van der Waals surface area contributed by atoms with Crippen molar-refractivity contribution < 1.29 is 19.2 Å². The number of hydrogen-bond donors (Lipinski definition) is 0. The Bertz CT molecular complexity index is 1000. The largest absolute Gasteiger partial charge is 0.490 e. The van der Waals surface area contributed by atoms with Crippen molar-refractivity contribution in [3.05, 3.63) is 62.6 Å². The maximum absolute atomic E-state index is 12.9. The van der Waals surface area contributed by atoms with E-state index < -0.39 is 10.5 Å². The first kappa shape index (κ1) is 19.0. The molecule has 3 heterocycles. The lowest BCUT2D eigenvalue weighted by molar-refractivity contribution is -0.385. The Hall–Kier alpha value is -3.36. The van der Waals surface area contributed by atoms with Crippen molar-refractivity contribution in [2.75, 3.05) is 19.8 Å². The van der Waals surface area contributed by atoms with Gasteiger partial charge >= 0.3 is 0 Å². The highest BCUT2D eigenvalue weighted by atomic mass is 16.6. The van der Waals surface area contributed by atoms with Gasteiger partial charge in [0.1, 0.15) is 6.54 Å². The minimum absolute atomic E-state index is 0.131.